The number of hydrogen-bond acceptors (Lipinski definition) is 3. The maximum atomic E-state index is 9.50. The van der Waals surface area contributed by atoms with E-state index in [9.17, 15) is 5.11 Å². The number of aromatic nitrogens is 1. The number of nitrogens with zero attached hydrogens (tertiary/aromatic N) is 1. The summed E-state index contributed by atoms with van der Waals surface area (Å²) in [4.78, 5) is 4.43. The van der Waals surface area contributed by atoms with E-state index >= 15 is 0 Å². The summed E-state index contributed by atoms with van der Waals surface area (Å²) in [5.74, 6) is 0.724. The van der Waals surface area contributed by atoms with E-state index in [0.717, 1.165) is 10.9 Å². The molecule has 0 atom stereocenters. The zero-order valence-electron chi connectivity index (χ0n) is 10.9. The van der Waals surface area contributed by atoms with Gasteiger partial charge in [0, 0.05) is 10.9 Å². The number of ether oxygens (including phenoxy) is 1. The molecule has 3 rings (SSSR count). The van der Waals surface area contributed by atoms with Gasteiger partial charge in [0.25, 0.3) is 0 Å². The van der Waals surface area contributed by atoms with Crippen molar-refractivity contribution >= 4 is 34.1 Å². The molecule has 3 aromatic rings. The molecule has 0 aliphatic heterocycles. The van der Waals surface area contributed by atoms with E-state index in [2.05, 4.69) is 4.98 Å². The quantitative estimate of drug-likeness (QED) is 0.752. The third-order valence-corrected chi connectivity index (χ3v) is 3.86. The summed E-state index contributed by atoms with van der Waals surface area (Å²) in [5, 5.41) is 11.2. The van der Waals surface area contributed by atoms with Crippen LogP contribution in [0.5, 0.6) is 11.6 Å². The topological polar surface area (TPSA) is 42.4 Å². The van der Waals surface area contributed by atoms with E-state index in [-0.39, 0.29) is 6.61 Å². The molecule has 0 aliphatic rings. The van der Waals surface area contributed by atoms with Gasteiger partial charge in [0.05, 0.1) is 17.1 Å². The lowest BCUT2D eigenvalue weighted by Gasteiger charge is -2.11. The van der Waals surface area contributed by atoms with Gasteiger partial charge in [-0.15, -0.1) is 0 Å². The molecular weight excluding hydrogens is 309 g/mol. The first-order chi connectivity index (χ1) is 10.2. The second-order valence-electron chi connectivity index (χ2n) is 4.46. The highest BCUT2D eigenvalue weighted by atomic mass is 35.5. The third-order valence-electron chi connectivity index (χ3n) is 3.06. The van der Waals surface area contributed by atoms with Crippen molar-refractivity contribution in [3.63, 3.8) is 0 Å². The van der Waals surface area contributed by atoms with Crippen LogP contribution in [0.4, 0.5) is 0 Å². The molecule has 0 saturated heterocycles. The van der Waals surface area contributed by atoms with Gasteiger partial charge in [0.1, 0.15) is 10.8 Å². The van der Waals surface area contributed by atoms with Gasteiger partial charge in [-0.05, 0) is 24.3 Å². The lowest BCUT2D eigenvalue weighted by molar-refractivity contribution is 0.275. The molecule has 0 aliphatic carbocycles. The Morgan fingerprint density at radius 3 is 2.67 bits per heavy atom. The van der Waals surface area contributed by atoms with Gasteiger partial charge in [-0.3, -0.25) is 0 Å². The largest absolute Gasteiger partial charge is 0.437 e. The van der Waals surface area contributed by atoms with Crippen molar-refractivity contribution in [2.75, 3.05) is 0 Å². The Labute approximate surface area is 131 Å². The number of aliphatic hydroxyl groups excluding tert-OH is 1. The SMILES string of the molecule is OCc1cc2ccccc2nc1Oc1cccc(Cl)c1Cl. The van der Waals surface area contributed by atoms with Crippen molar-refractivity contribution in [3.05, 3.63) is 64.1 Å². The number of hydrogen-bond donors (Lipinski definition) is 1. The molecule has 0 amide bonds. The number of halogens is 2. The molecule has 3 nitrogen and oxygen atoms in total. The monoisotopic (exact) mass is 319 g/mol. The average molecular weight is 320 g/mol. The molecule has 1 N–H and O–H groups in total. The van der Waals surface area contributed by atoms with Gasteiger partial charge >= 0.3 is 0 Å². The summed E-state index contributed by atoms with van der Waals surface area (Å²) in [5.41, 5.74) is 1.37. The van der Waals surface area contributed by atoms with Crippen molar-refractivity contribution in [1.82, 2.24) is 4.98 Å². The van der Waals surface area contributed by atoms with Gasteiger partial charge in [-0.1, -0.05) is 47.5 Å². The normalized spacial score (nSPS) is 10.8. The van der Waals surface area contributed by atoms with Crippen molar-refractivity contribution < 1.29 is 9.84 Å². The molecule has 1 heterocycles. The fourth-order valence-corrected chi connectivity index (χ4v) is 2.34. The van der Waals surface area contributed by atoms with Crippen molar-refractivity contribution in [2.24, 2.45) is 0 Å². The van der Waals surface area contributed by atoms with Crippen LogP contribution in [-0.2, 0) is 6.61 Å². The highest BCUT2D eigenvalue weighted by molar-refractivity contribution is 6.42. The highest BCUT2D eigenvalue weighted by Gasteiger charge is 2.12. The van der Waals surface area contributed by atoms with Crippen LogP contribution in [0.1, 0.15) is 5.56 Å². The fourth-order valence-electron chi connectivity index (χ4n) is 2.01. The molecule has 1 aromatic heterocycles. The summed E-state index contributed by atoms with van der Waals surface area (Å²) in [6.45, 7) is -0.175. The van der Waals surface area contributed by atoms with E-state index in [1.54, 1.807) is 18.2 Å². The molecule has 5 heteroatoms. The van der Waals surface area contributed by atoms with Gasteiger partial charge in [-0.2, -0.15) is 0 Å². The summed E-state index contributed by atoms with van der Waals surface area (Å²) in [6, 6.07) is 14.6. The zero-order chi connectivity index (χ0) is 14.8. The highest BCUT2D eigenvalue weighted by Crippen LogP contribution is 2.35. The van der Waals surface area contributed by atoms with E-state index in [4.69, 9.17) is 27.9 Å². The Morgan fingerprint density at radius 1 is 1.05 bits per heavy atom. The lowest BCUT2D eigenvalue weighted by Crippen LogP contribution is -1.96. The fraction of sp³-hybridized carbons (Fsp3) is 0.0625. The maximum Gasteiger partial charge on any atom is 0.225 e. The van der Waals surface area contributed by atoms with Crippen molar-refractivity contribution in [3.8, 4) is 11.6 Å². The molecule has 2 aromatic carbocycles. The number of para-hydroxylation sites is 1. The van der Waals surface area contributed by atoms with Gasteiger partial charge in [0.15, 0.2) is 0 Å². The van der Waals surface area contributed by atoms with Crippen LogP contribution in [0.25, 0.3) is 10.9 Å². The predicted octanol–water partition coefficient (Wildman–Crippen LogP) is 4.83. The van der Waals surface area contributed by atoms with E-state index in [1.165, 1.54) is 0 Å². The summed E-state index contributed by atoms with van der Waals surface area (Å²) in [6.07, 6.45) is 0. The predicted molar refractivity (Wildman–Crippen MR) is 84.2 cm³/mol. The van der Waals surface area contributed by atoms with Crippen LogP contribution in [0, 0.1) is 0 Å². The smallest absolute Gasteiger partial charge is 0.225 e. The first-order valence-corrected chi connectivity index (χ1v) is 7.06. The summed E-state index contributed by atoms with van der Waals surface area (Å²) < 4.78 is 5.73. The number of pyridine rings is 1. The molecule has 0 spiro atoms. The summed E-state index contributed by atoms with van der Waals surface area (Å²) >= 11 is 12.1. The Morgan fingerprint density at radius 2 is 1.86 bits per heavy atom. The molecule has 0 fully saturated rings. The molecule has 21 heavy (non-hydrogen) atoms. The maximum absolute atomic E-state index is 9.50. The second kappa shape index (κ2) is 5.90. The molecular formula is C16H11Cl2NO2. The number of aliphatic hydroxyl groups is 1. The van der Waals surface area contributed by atoms with E-state index in [1.807, 2.05) is 30.3 Å². The lowest BCUT2D eigenvalue weighted by atomic mass is 10.1. The summed E-state index contributed by atoms with van der Waals surface area (Å²) in [7, 11) is 0. The number of fused-ring (bicyclic) bond motifs is 1. The van der Waals surface area contributed by atoms with Gasteiger partial charge < -0.3 is 9.84 Å². The minimum atomic E-state index is -0.175. The average Bonchev–Trinajstić information content (AvgIpc) is 2.51. The minimum absolute atomic E-state index is 0.175. The van der Waals surface area contributed by atoms with Crippen LogP contribution < -0.4 is 4.74 Å². The Balaban J connectivity index is 2.09. The molecule has 106 valence electrons. The molecule has 0 saturated carbocycles. The third kappa shape index (κ3) is 2.81. The van der Waals surface area contributed by atoms with Crippen LogP contribution in [-0.4, -0.2) is 10.1 Å². The van der Waals surface area contributed by atoms with Crippen molar-refractivity contribution in [2.45, 2.75) is 6.61 Å². The van der Waals surface area contributed by atoms with Crippen LogP contribution in [0.2, 0.25) is 10.0 Å². The Bertz CT molecular complexity index is 805. The van der Waals surface area contributed by atoms with Crippen LogP contribution >= 0.6 is 23.2 Å². The molecule has 0 radical (unpaired) electrons. The second-order valence-corrected chi connectivity index (χ2v) is 5.24. The zero-order valence-corrected chi connectivity index (χ0v) is 12.4. The van der Waals surface area contributed by atoms with E-state index in [0.29, 0.717) is 27.2 Å². The Hall–Kier alpha value is -1.81. The van der Waals surface area contributed by atoms with Crippen LogP contribution in [0.15, 0.2) is 48.5 Å². The van der Waals surface area contributed by atoms with Crippen LogP contribution in [0.3, 0.4) is 0 Å². The van der Waals surface area contributed by atoms with Gasteiger partial charge in [-0.25, -0.2) is 4.98 Å². The molecule has 0 bridgehead atoms. The first kappa shape index (κ1) is 14.1. The number of rotatable bonds is 3. The van der Waals surface area contributed by atoms with E-state index < -0.39 is 0 Å². The van der Waals surface area contributed by atoms with Gasteiger partial charge in [0.2, 0.25) is 5.88 Å². The van der Waals surface area contributed by atoms with Crippen molar-refractivity contribution in [1.29, 1.82) is 0 Å². The minimum Gasteiger partial charge on any atom is -0.437 e. The molecule has 0 unspecified atom stereocenters. The first-order valence-electron chi connectivity index (χ1n) is 6.30. The number of benzene rings is 2. The Kier molecular flexibility index (Phi) is 3.97. The standard InChI is InChI=1S/C16H11Cl2NO2/c17-12-5-3-7-14(15(12)18)21-16-11(9-20)8-10-4-1-2-6-13(10)19-16/h1-8,20H,9H2.